The summed E-state index contributed by atoms with van der Waals surface area (Å²) < 4.78 is 18.9. The Hall–Kier alpha value is -4.24. The Morgan fingerprint density at radius 3 is 2.23 bits per heavy atom. The van der Waals surface area contributed by atoms with Gasteiger partial charge in [-0.3, -0.25) is 9.59 Å². The van der Waals surface area contributed by atoms with Crippen molar-refractivity contribution in [2.45, 2.75) is 63.3 Å². The van der Waals surface area contributed by atoms with E-state index in [0.29, 0.717) is 51.7 Å². The molecule has 0 radical (unpaired) electrons. The zero-order chi connectivity index (χ0) is 30.8. The fourth-order valence-electron chi connectivity index (χ4n) is 6.09. The van der Waals surface area contributed by atoms with Crippen molar-refractivity contribution in [2.24, 2.45) is 0 Å². The molecule has 2 heterocycles. The van der Waals surface area contributed by atoms with Gasteiger partial charge in [-0.2, -0.15) is 0 Å². The molecule has 0 bridgehead atoms. The van der Waals surface area contributed by atoms with E-state index >= 15 is 0 Å². The molecule has 2 N–H and O–H groups in total. The van der Waals surface area contributed by atoms with Gasteiger partial charge in [-0.25, -0.2) is 9.18 Å². The SMILES string of the molecule is O=C(NCCCC[C@@H]1NC(=O)C2(CCN(CCc3ccccc3)CC2)N(Cc2ccc(F)cc2)C1=O)OCc1ccccc1. The van der Waals surface area contributed by atoms with Crippen LogP contribution in [0.4, 0.5) is 9.18 Å². The highest BCUT2D eigenvalue weighted by Gasteiger charge is 2.53. The zero-order valence-corrected chi connectivity index (χ0v) is 25.1. The molecule has 0 aliphatic carbocycles. The maximum absolute atomic E-state index is 13.9. The number of amides is 3. The number of carbonyl (C=O) groups is 3. The number of piperazine rings is 1. The third-order valence-corrected chi connectivity index (χ3v) is 8.71. The van der Waals surface area contributed by atoms with E-state index in [-0.39, 0.29) is 30.8 Å². The zero-order valence-electron chi connectivity index (χ0n) is 25.1. The number of likely N-dealkylation sites (tertiary alicyclic amines) is 1. The van der Waals surface area contributed by atoms with E-state index in [9.17, 15) is 18.8 Å². The summed E-state index contributed by atoms with van der Waals surface area (Å²) in [6, 6.07) is 25.3. The number of hydrogen-bond donors (Lipinski definition) is 2. The number of hydrogen-bond acceptors (Lipinski definition) is 5. The van der Waals surface area contributed by atoms with Gasteiger partial charge in [0.1, 0.15) is 24.0 Å². The Labute approximate surface area is 258 Å². The van der Waals surface area contributed by atoms with Crippen LogP contribution in [0.25, 0.3) is 0 Å². The Morgan fingerprint density at radius 2 is 1.55 bits per heavy atom. The topological polar surface area (TPSA) is 91.0 Å². The minimum Gasteiger partial charge on any atom is -0.445 e. The van der Waals surface area contributed by atoms with Gasteiger partial charge >= 0.3 is 6.09 Å². The number of carbonyl (C=O) groups excluding carboxylic acids is 3. The van der Waals surface area contributed by atoms with Gasteiger partial charge in [0, 0.05) is 32.7 Å². The highest BCUT2D eigenvalue weighted by atomic mass is 19.1. The minimum absolute atomic E-state index is 0.109. The van der Waals surface area contributed by atoms with E-state index in [1.54, 1.807) is 17.0 Å². The number of unbranched alkanes of at least 4 members (excludes halogenated alkanes) is 1. The van der Waals surface area contributed by atoms with E-state index in [4.69, 9.17) is 4.74 Å². The predicted molar refractivity (Wildman–Crippen MR) is 166 cm³/mol. The van der Waals surface area contributed by atoms with Crippen LogP contribution in [0.3, 0.4) is 0 Å². The van der Waals surface area contributed by atoms with Crippen molar-refractivity contribution in [3.8, 4) is 0 Å². The summed E-state index contributed by atoms with van der Waals surface area (Å²) in [5.41, 5.74) is 2.04. The number of nitrogens with zero attached hydrogens (tertiary/aromatic N) is 2. The van der Waals surface area contributed by atoms with Crippen LogP contribution >= 0.6 is 0 Å². The predicted octanol–water partition coefficient (Wildman–Crippen LogP) is 4.83. The van der Waals surface area contributed by atoms with Crippen LogP contribution in [0.1, 0.15) is 48.8 Å². The molecular weight excluding hydrogens is 559 g/mol. The van der Waals surface area contributed by atoms with Crippen LogP contribution < -0.4 is 10.6 Å². The van der Waals surface area contributed by atoms with E-state index in [0.717, 1.165) is 24.1 Å². The summed E-state index contributed by atoms with van der Waals surface area (Å²) in [5, 5.41) is 5.79. The number of piperidine rings is 1. The largest absolute Gasteiger partial charge is 0.445 e. The first-order valence-electron chi connectivity index (χ1n) is 15.5. The third-order valence-electron chi connectivity index (χ3n) is 8.71. The smallest absolute Gasteiger partial charge is 0.407 e. The molecule has 0 unspecified atom stereocenters. The molecule has 2 aliphatic rings. The molecule has 0 aromatic heterocycles. The van der Waals surface area contributed by atoms with Crippen LogP contribution in [0.15, 0.2) is 84.9 Å². The number of rotatable bonds is 12. The minimum atomic E-state index is -0.935. The summed E-state index contributed by atoms with van der Waals surface area (Å²) in [6.45, 7) is 3.18. The monoisotopic (exact) mass is 600 g/mol. The maximum atomic E-state index is 13.9. The molecule has 3 aromatic rings. The van der Waals surface area contributed by atoms with Gasteiger partial charge in [-0.15, -0.1) is 0 Å². The number of benzene rings is 3. The number of halogens is 1. The Morgan fingerprint density at radius 1 is 0.886 bits per heavy atom. The fraction of sp³-hybridized carbons (Fsp3) is 0.400. The van der Waals surface area contributed by atoms with Gasteiger partial charge in [0.05, 0.1) is 0 Å². The number of nitrogens with one attached hydrogen (secondary N) is 2. The van der Waals surface area contributed by atoms with Crippen LogP contribution in [-0.2, 0) is 33.9 Å². The van der Waals surface area contributed by atoms with Crippen molar-refractivity contribution in [1.29, 1.82) is 0 Å². The molecule has 2 fully saturated rings. The molecule has 2 saturated heterocycles. The Balaban J connectivity index is 1.15. The van der Waals surface area contributed by atoms with Crippen molar-refractivity contribution in [1.82, 2.24) is 20.4 Å². The molecule has 3 aromatic carbocycles. The second kappa shape index (κ2) is 15.0. The Kier molecular flexibility index (Phi) is 10.6. The van der Waals surface area contributed by atoms with Gasteiger partial charge in [0.25, 0.3) is 0 Å². The van der Waals surface area contributed by atoms with Gasteiger partial charge in [-0.05, 0) is 67.3 Å². The standard InChI is InChI=1S/C35H41FN4O4/c36-30-16-14-28(15-17-30)25-40-32(41)31(13-7-8-21-37-34(43)44-26-29-11-5-2-6-12-29)38-33(42)35(40)19-23-39(24-20-35)22-18-27-9-3-1-4-10-27/h1-6,9-12,14-17,31H,7-8,13,18-26H2,(H,37,43)(H,38,42)/t31-/m0/s1. The van der Waals surface area contributed by atoms with Gasteiger partial charge < -0.3 is 25.2 Å². The van der Waals surface area contributed by atoms with Crippen LogP contribution in [0.2, 0.25) is 0 Å². The van der Waals surface area contributed by atoms with Crippen LogP contribution in [0, 0.1) is 5.82 Å². The molecule has 232 valence electrons. The van der Waals surface area contributed by atoms with Crippen molar-refractivity contribution in [3.63, 3.8) is 0 Å². The molecule has 0 saturated carbocycles. The highest BCUT2D eigenvalue weighted by molar-refractivity contribution is 6.00. The summed E-state index contributed by atoms with van der Waals surface area (Å²) in [7, 11) is 0. The van der Waals surface area contributed by atoms with Crippen LogP contribution in [0.5, 0.6) is 0 Å². The lowest BCUT2D eigenvalue weighted by Crippen LogP contribution is -2.72. The first-order chi connectivity index (χ1) is 21.4. The summed E-state index contributed by atoms with van der Waals surface area (Å²) in [5.74, 6) is -0.565. The van der Waals surface area contributed by atoms with E-state index in [2.05, 4.69) is 27.7 Å². The molecule has 5 rings (SSSR count). The van der Waals surface area contributed by atoms with Gasteiger partial charge in [0.15, 0.2) is 0 Å². The summed E-state index contributed by atoms with van der Waals surface area (Å²) in [4.78, 5) is 43.9. The second-order valence-corrected chi connectivity index (χ2v) is 11.7. The lowest BCUT2D eigenvalue weighted by molar-refractivity contribution is -0.162. The van der Waals surface area contributed by atoms with Crippen molar-refractivity contribution < 1.29 is 23.5 Å². The van der Waals surface area contributed by atoms with Crippen molar-refractivity contribution in [3.05, 3.63) is 107 Å². The molecule has 1 spiro atoms. The van der Waals surface area contributed by atoms with Gasteiger partial charge in [-0.1, -0.05) is 72.8 Å². The van der Waals surface area contributed by atoms with Gasteiger partial charge in [0.2, 0.25) is 11.8 Å². The first kappa shape index (κ1) is 31.2. The molecule has 2 aliphatic heterocycles. The first-order valence-corrected chi connectivity index (χ1v) is 15.5. The maximum Gasteiger partial charge on any atom is 0.407 e. The molecule has 9 heteroatoms. The quantitative estimate of drug-likeness (QED) is 0.291. The second-order valence-electron chi connectivity index (χ2n) is 11.7. The Bertz CT molecular complexity index is 1380. The molecule has 44 heavy (non-hydrogen) atoms. The van der Waals surface area contributed by atoms with E-state index < -0.39 is 17.7 Å². The normalized spacial score (nSPS) is 18.2. The van der Waals surface area contributed by atoms with E-state index in [1.165, 1.54) is 17.7 Å². The molecule has 8 nitrogen and oxygen atoms in total. The molecule has 3 amide bonds. The lowest BCUT2D eigenvalue weighted by atomic mass is 9.81. The molecular formula is C35H41FN4O4. The number of alkyl carbamates (subject to hydrolysis) is 1. The summed E-state index contributed by atoms with van der Waals surface area (Å²) >= 11 is 0. The number of ether oxygens (including phenoxy) is 1. The lowest BCUT2D eigenvalue weighted by Gasteiger charge is -2.51. The summed E-state index contributed by atoms with van der Waals surface area (Å²) in [6.07, 6.45) is 3.27. The highest BCUT2D eigenvalue weighted by Crippen LogP contribution is 2.35. The van der Waals surface area contributed by atoms with Crippen molar-refractivity contribution in [2.75, 3.05) is 26.2 Å². The van der Waals surface area contributed by atoms with E-state index in [1.807, 2.05) is 48.5 Å². The molecule has 1 atom stereocenters. The fourth-order valence-corrected chi connectivity index (χ4v) is 6.09. The average Bonchev–Trinajstić information content (AvgIpc) is 3.06. The third kappa shape index (κ3) is 8.02. The average molecular weight is 601 g/mol. The van der Waals surface area contributed by atoms with Crippen molar-refractivity contribution >= 4 is 17.9 Å². The van der Waals surface area contributed by atoms with Crippen LogP contribution in [-0.4, -0.2) is 65.5 Å².